The van der Waals surface area contributed by atoms with Gasteiger partial charge in [-0.2, -0.15) is 0 Å². The number of anilines is 1. The van der Waals surface area contributed by atoms with Gasteiger partial charge in [-0.25, -0.2) is 4.98 Å². The molecule has 0 saturated carbocycles. The van der Waals surface area contributed by atoms with Crippen molar-refractivity contribution in [2.75, 3.05) is 5.32 Å². The normalized spacial score (nSPS) is 11.9. The van der Waals surface area contributed by atoms with Crippen LogP contribution < -0.4 is 10.6 Å². The van der Waals surface area contributed by atoms with E-state index in [0.29, 0.717) is 45.1 Å². The van der Waals surface area contributed by atoms with Gasteiger partial charge in [0.05, 0.1) is 17.0 Å². The summed E-state index contributed by atoms with van der Waals surface area (Å²) in [4.78, 5) is 47.0. The van der Waals surface area contributed by atoms with Crippen molar-refractivity contribution in [2.45, 2.75) is 32.2 Å². The van der Waals surface area contributed by atoms with E-state index in [9.17, 15) is 14.4 Å². The highest BCUT2D eigenvalue weighted by atomic mass is 32.1. The molecule has 0 aliphatic heterocycles. The Morgan fingerprint density at radius 3 is 2.33 bits per heavy atom. The Balaban J connectivity index is 1.31. The Hall–Kier alpha value is -4.95. The zero-order valence-corrected chi connectivity index (χ0v) is 24.3. The number of thiazole rings is 1. The van der Waals surface area contributed by atoms with Crippen molar-refractivity contribution >= 4 is 34.6 Å². The van der Waals surface area contributed by atoms with E-state index in [2.05, 4.69) is 53.5 Å². The van der Waals surface area contributed by atoms with E-state index in [1.54, 1.807) is 48.7 Å². The Morgan fingerprint density at radius 2 is 1.62 bits per heavy atom. The zero-order valence-electron chi connectivity index (χ0n) is 23.5. The number of carbonyl (C=O) groups excluding carboxylic acids is 3. The highest BCUT2D eigenvalue weighted by Crippen LogP contribution is 2.29. The lowest BCUT2D eigenvalue weighted by Gasteiger charge is -2.19. The topological polar surface area (TPSA) is 101 Å². The number of aldehydes is 1. The average molecular weight is 575 g/mol. The van der Waals surface area contributed by atoms with Crippen molar-refractivity contribution in [3.63, 3.8) is 0 Å². The van der Waals surface area contributed by atoms with Crippen LogP contribution in [0.15, 0.2) is 103 Å². The molecule has 0 saturated heterocycles. The van der Waals surface area contributed by atoms with Crippen LogP contribution in [0.4, 0.5) is 5.13 Å². The fourth-order valence-corrected chi connectivity index (χ4v) is 5.19. The predicted octanol–water partition coefficient (Wildman–Crippen LogP) is 7.09. The van der Waals surface area contributed by atoms with Gasteiger partial charge in [-0.15, -0.1) is 11.3 Å². The van der Waals surface area contributed by atoms with Crippen molar-refractivity contribution in [2.24, 2.45) is 0 Å². The van der Waals surface area contributed by atoms with Gasteiger partial charge in [0.15, 0.2) is 5.13 Å². The molecule has 2 aromatic heterocycles. The fraction of sp³-hybridized carbons (Fsp3) is 0.147. The number of nitrogens with one attached hydrogen (secondary N) is 2. The molecular formula is C34H30N4O3S. The van der Waals surface area contributed by atoms with Gasteiger partial charge in [-0.05, 0) is 40.8 Å². The summed E-state index contributed by atoms with van der Waals surface area (Å²) in [6.45, 7) is 6.47. The first-order valence-electron chi connectivity index (χ1n) is 13.5. The Morgan fingerprint density at radius 1 is 0.857 bits per heavy atom. The van der Waals surface area contributed by atoms with E-state index >= 15 is 0 Å². The smallest absolute Gasteiger partial charge is 0.259 e. The molecule has 2 amide bonds. The van der Waals surface area contributed by atoms with Gasteiger partial charge < -0.3 is 10.1 Å². The Labute approximate surface area is 248 Å². The molecule has 210 valence electrons. The summed E-state index contributed by atoms with van der Waals surface area (Å²) in [6.07, 6.45) is 2.38. The number of hydrogen-bond acceptors (Lipinski definition) is 6. The molecule has 42 heavy (non-hydrogen) atoms. The lowest BCUT2D eigenvalue weighted by Crippen LogP contribution is -2.29. The molecule has 3 aromatic carbocycles. The van der Waals surface area contributed by atoms with E-state index in [4.69, 9.17) is 0 Å². The van der Waals surface area contributed by atoms with Gasteiger partial charge in [0, 0.05) is 28.3 Å². The number of aromatic nitrogens is 2. The van der Waals surface area contributed by atoms with Crippen LogP contribution in [0.2, 0.25) is 0 Å². The summed E-state index contributed by atoms with van der Waals surface area (Å²) in [5.74, 6) is -0.686. The maximum absolute atomic E-state index is 13.3. The third-order valence-corrected chi connectivity index (χ3v) is 7.56. The SMILES string of the molecule is CC(C)(C)c1ccc(-c2ncccc2C(=O)Nc2nc(-c3cccc(C(=O)NC(C=O)c4ccccc4)c3)cs2)cc1. The molecule has 1 atom stereocenters. The molecule has 2 heterocycles. The predicted molar refractivity (Wildman–Crippen MR) is 167 cm³/mol. The molecule has 7 nitrogen and oxygen atoms in total. The molecule has 2 N–H and O–H groups in total. The molecule has 1 unspecified atom stereocenters. The lowest BCUT2D eigenvalue weighted by atomic mass is 9.86. The minimum atomic E-state index is -0.753. The fourth-order valence-electron chi connectivity index (χ4n) is 4.48. The molecule has 0 radical (unpaired) electrons. The van der Waals surface area contributed by atoms with Crippen molar-refractivity contribution in [3.05, 3.63) is 125 Å². The van der Waals surface area contributed by atoms with Crippen LogP contribution in [0.25, 0.3) is 22.5 Å². The van der Waals surface area contributed by atoms with E-state index in [1.165, 1.54) is 16.9 Å². The van der Waals surface area contributed by atoms with E-state index in [0.717, 1.165) is 5.56 Å². The Bertz CT molecular complexity index is 1720. The molecule has 5 aromatic rings. The number of pyridine rings is 1. The highest BCUT2D eigenvalue weighted by Gasteiger charge is 2.19. The van der Waals surface area contributed by atoms with Gasteiger partial charge >= 0.3 is 0 Å². The summed E-state index contributed by atoms with van der Waals surface area (Å²) < 4.78 is 0. The Kier molecular flexibility index (Phi) is 8.36. The van der Waals surface area contributed by atoms with Crippen LogP contribution in [0, 0.1) is 0 Å². The molecule has 0 aliphatic carbocycles. The van der Waals surface area contributed by atoms with Gasteiger partial charge in [0.2, 0.25) is 0 Å². The maximum Gasteiger partial charge on any atom is 0.259 e. The molecule has 8 heteroatoms. The number of rotatable bonds is 8. The van der Waals surface area contributed by atoms with Crippen LogP contribution in [0.5, 0.6) is 0 Å². The minimum Gasteiger partial charge on any atom is -0.338 e. The molecule has 0 spiro atoms. The van der Waals surface area contributed by atoms with Gasteiger partial charge in [-0.3, -0.25) is 19.9 Å². The van der Waals surface area contributed by atoms with Crippen molar-refractivity contribution in [1.82, 2.24) is 15.3 Å². The lowest BCUT2D eigenvalue weighted by molar-refractivity contribution is -0.109. The molecule has 0 bridgehead atoms. The van der Waals surface area contributed by atoms with Gasteiger partial charge in [-0.1, -0.05) is 87.5 Å². The van der Waals surface area contributed by atoms with Crippen molar-refractivity contribution in [3.8, 4) is 22.5 Å². The summed E-state index contributed by atoms with van der Waals surface area (Å²) >= 11 is 1.29. The van der Waals surface area contributed by atoms with Crippen LogP contribution in [0.1, 0.15) is 58.7 Å². The van der Waals surface area contributed by atoms with Gasteiger partial charge in [0.1, 0.15) is 12.3 Å². The van der Waals surface area contributed by atoms with E-state index < -0.39 is 6.04 Å². The quantitative estimate of drug-likeness (QED) is 0.193. The van der Waals surface area contributed by atoms with Crippen LogP contribution in [-0.4, -0.2) is 28.1 Å². The molecule has 5 rings (SSSR count). The number of carbonyl (C=O) groups is 3. The van der Waals surface area contributed by atoms with Crippen molar-refractivity contribution < 1.29 is 14.4 Å². The van der Waals surface area contributed by atoms with Crippen molar-refractivity contribution in [1.29, 1.82) is 0 Å². The zero-order chi connectivity index (χ0) is 29.7. The third kappa shape index (κ3) is 6.50. The monoisotopic (exact) mass is 574 g/mol. The molecule has 0 aliphatic rings. The largest absolute Gasteiger partial charge is 0.338 e. The standard InChI is InChI=1S/C34H30N4O3S/c1-34(2,3)26-16-14-23(15-17-26)30-27(13-8-18-35-30)32(41)38-33-37-29(21-42-33)24-11-7-12-25(19-24)31(40)36-28(20-39)22-9-5-4-6-10-22/h4-21,28H,1-3H3,(H,36,40)(H,37,38,41). The van der Waals surface area contributed by atoms with Crippen LogP contribution >= 0.6 is 11.3 Å². The van der Waals surface area contributed by atoms with Crippen LogP contribution in [0.3, 0.4) is 0 Å². The first-order chi connectivity index (χ1) is 20.2. The number of hydrogen-bond donors (Lipinski definition) is 2. The van der Waals surface area contributed by atoms with Crippen LogP contribution in [-0.2, 0) is 10.2 Å². The van der Waals surface area contributed by atoms with E-state index in [1.807, 2.05) is 41.8 Å². The first kappa shape index (κ1) is 28.6. The molecule has 0 fully saturated rings. The van der Waals surface area contributed by atoms with Gasteiger partial charge in [0.25, 0.3) is 11.8 Å². The van der Waals surface area contributed by atoms with E-state index in [-0.39, 0.29) is 17.2 Å². The number of nitrogens with zero attached hydrogens (tertiary/aromatic N) is 2. The summed E-state index contributed by atoms with van der Waals surface area (Å²) in [7, 11) is 0. The second-order valence-corrected chi connectivity index (χ2v) is 11.7. The number of benzene rings is 3. The summed E-state index contributed by atoms with van der Waals surface area (Å²) in [6, 6.07) is 26.9. The summed E-state index contributed by atoms with van der Waals surface area (Å²) in [5, 5.41) is 7.91. The third-order valence-electron chi connectivity index (χ3n) is 6.80. The number of amides is 2. The first-order valence-corrected chi connectivity index (χ1v) is 14.4. The molecular weight excluding hydrogens is 544 g/mol. The average Bonchev–Trinajstić information content (AvgIpc) is 3.48. The second kappa shape index (κ2) is 12.3. The maximum atomic E-state index is 13.3. The highest BCUT2D eigenvalue weighted by molar-refractivity contribution is 7.14. The minimum absolute atomic E-state index is 0.0226. The second-order valence-electron chi connectivity index (χ2n) is 10.8. The summed E-state index contributed by atoms with van der Waals surface area (Å²) in [5.41, 5.74) is 5.54.